The summed E-state index contributed by atoms with van der Waals surface area (Å²) in [4.78, 5) is 6.39. The molecule has 0 saturated heterocycles. The van der Waals surface area contributed by atoms with Crippen LogP contribution in [0.1, 0.15) is 23.7 Å². The minimum absolute atomic E-state index is 0.204. The van der Waals surface area contributed by atoms with Crippen LogP contribution < -0.4 is 5.32 Å². The number of likely N-dealkylation sites (N-methyl/N-ethyl adjacent to an activating group) is 1. The van der Waals surface area contributed by atoms with Crippen molar-refractivity contribution >= 4 is 11.3 Å². The largest absolute Gasteiger partial charge is 0.390 e. The number of hydrogen-bond acceptors (Lipinski definition) is 5. The van der Waals surface area contributed by atoms with E-state index in [0.29, 0.717) is 13.1 Å². The molecule has 0 fully saturated rings. The summed E-state index contributed by atoms with van der Waals surface area (Å²) in [6.07, 6.45) is -0.335. The van der Waals surface area contributed by atoms with Crippen LogP contribution in [0.25, 0.3) is 0 Å². The minimum Gasteiger partial charge on any atom is -0.390 e. The molecule has 0 amide bonds. The third-order valence-electron chi connectivity index (χ3n) is 2.24. The van der Waals surface area contributed by atoms with Gasteiger partial charge in [-0.3, -0.25) is 0 Å². The van der Waals surface area contributed by atoms with Crippen molar-refractivity contribution in [2.24, 2.45) is 0 Å². The highest BCUT2D eigenvalue weighted by atomic mass is 32.1. The van der Waals surface area contributed by atoms with Crippen molar-refractivity contribution in [2.75, 3.05) is 27.2 Å². The highest BCUT2D eigenvalue weighted by Crippen LogP contribution is 2.17. The monoisotopic (exact) mass is 243 g/mol. The molecule has 2 unspecified atom stereocenters. The zero-order valence-electron chi connectivity index (χ0n) is 10.4. The lowest BCUT2D eigenvalue weighted by atomic mass is 10.3. The van der Waals surface area contributed by atoms with Gasteiger partial charge in [0.05, 0.1) is 12.1 Å². The quantitative estimate of drug-likeness (QED) is 0.783. The summed E-state index contributed by atoms with van der Waals surface area (Å²) in [6.45, 7) is 5.34. The summed E-state index contributed by atoms with van der Waals surface area (Å²) in [5, 5.41) is 16.1. The van der Waals surface area contributed by atoms with Crippen molar-refractivity contribution in [3.8, 4) is 0 Å². The summed E-state index contributed by atoms with van der Waals surface area (Å²) in [5.74, 6) is 0. The molecule has 1 aromatic heterocycles. The highest BCUT2D eigenvalue weighted by Gasteiger charge is 2.11. The highest BCUT2D eigenvalue weighted by molar-refractivity contribution is 7.09. The van der Waals surface area contributed by atoms with E-state index in [1.807, 2.05) is 31.3 Å². The number of aliphatic hydroxyl groups is 1. The van der Waals surface area contributed by atoms with Gasteiger partial charge in [-0.05, 0) is 27.9 Å². The van der Waals surface area contributed by atoms with Crippen molar-refractivity contribution in [1.29, 1.82) is 0 Å². The Balaban J connectivity index is 2.32. The van der Waals surface area contributed by atoms with E-state index in [-0.39, 0.29) is 12.1 Å². The SMILES string of the molecule is Cc1csc(C(C)NCC(O)CN(C)C)n1. The molecule has 16 heavy (non-hydrogen) atoms. The van der Waals surface area contributed by atoms with Gasteiger partial charge in [-0.1, -0.05) is 0 Å². The van der Waals surface area contributed by atoms with Crippen molar-refractivity contribution in [3.05, 3.63) is 16.1 Å². The number of nitrogens with zero attached hydrogens (tertiary/aromatic N) is 2. The zero-order valence-corrected chi connectivity index (χ0v) is 11.2. The van der Waals surface area contributed by atoms with Gasteiger partial charge in [0.15, 0.2) is 0 Å². The zero-order chi connectivity index (χ0) is 12.1. The van der Waals surface area contributed by atoms with Crippen LogP contribution in [0.4, 0.5) is 0 Å². The second-order valence-electron chi connectivity index (χ2n) is 4.37. The van der Waals surface area contributed by atoms with Crippen LogP contribution in [0.5, 0.6) is 0 Å². The molecule has 5 heteroatoms. The van der Waals surface area contributed by atoms with Crippen LogP contribution in [0.2, 0.25) is 0 Å². The van der Waals surface area contributed by atoms with Crippen LogP contribution in [0.15, 0.2) is 5.38 Å². The van der Waals surface area contributed by atoms with Crippen molar-refractivity contribution < 1.29 is 5.11 Å². The molecule has 2 atom stereocenters. The predicted octanol–water partition coefficient (Wildman–Crippen LogP) is 1.02. The number of rotatable bonds is 6. The summed E-state index contributed by atoms with van der Waals surface area (Å²) < 4.78 is 0. The lowest BCUT2D eigenvalue weighted by Crippen LogP contribution is -2.36. The van der Waals surface area contributed by atoms with Gasteiger partial charge in [0, 0.05) is 24.2 Å². The van der Waals surface area contributed by atoms with Gasteiger partial charge >= 0.3 is 0 Å². The summed E-state index contributed by atoms with van der Waals surface area (Å²) >= 11 is 1.66. The van der Waals surface area contributed by atoms with Crippen LogP contribution in [-0.2, 0) is 0 Å². The van der Waals surface area contributed by atoms with Gasteiger partial charge in [-0.15, -0.1) is 11.3 Å². The van der Waals surface area contributed by atoms with E-state index in [1.165, 1.54) is 0 Å². The fourth-order valence-corrected chi connectivity index (χ4v) is 2.29. The fraction of sp³-hybridized carbons (Fsp3) is 0.727. The Morgan fingerprint density at radius 2 is 2.25 bits per heavy atom. The summed E-state index contributed by atoms with van der Waals surface area (Å²) in [6, 6.07) is 0.204. The van der Waals surface area contributed by atoms with Crippen molar-refractivity contribution in [2.45, 2.75) is 26.0 Å². The van der Waals surface area contributed by atoms with E-state index < -0.39 is 0 Å². The van der Waals surface area contributed by atoms with E-state index in [2.05, 4.69) is 17.2 Å². The van der Waals surface area contributed by atoms with E-state index in [4.69, 9.17) is 0 Å². The number of hydrogen-bond donors (Lipinski definition) is 2. The van der Waals surface area contributed by atoms with Gasteiger partial charge in [0.1, 0.15) is 5.01 Å². The lowest BCUT2D eigenvalue weighted by Gasteiger charge is -2.18. The molecule has 0 aliphatic heterocycles. The molecule has 0 aromatic carbocycles. The number of aryl methyl sites for hydroxylation is 1. The molecule has 92 valence electrons. The fourth-order valence-electron chi connectivity index (χ4n) is 1.46. The van der Waals surface area contributed by atoms with Gasteiger partial charge < -0.3 is 15.3 Å². The van der Waals surface area contributed by atoms with Gasteiger partial charge in [-0.25, -0.2) is 4.98 Å². The topological polar surface area (TPSA) is 48.4 Å². The molecule has 4 nitrogen and oxygen atoms in total. The Hall–Kier alpha value is -0.490. The summed E-state index contributed by atoms with van der Waals surface area (Å²) in [5.41, 5.74) is 1.06. The average Bonchev–Trinajstić information content (AvgIpc) is 2.60. The maximum atomic E-state index is 9.70. The molecule has 1 heterocycles. The van der Waals surface area contributed by atoms with Crippen LogP contribution >= 0.6 is 11.3 Å². The molecule has 0 radical (unpaired) electrons. The number of aliphatic hydroxyl groups excluding tert-OH is 1. The molecule has 1 rings (SSSR count). The first kappa shape index (κ1) is 13.6. The third kappa shape index (κ3) is 4.57. The van der Waals surface area contributed by atoms with E-state index in [1.54, 1.807) is 11.3 Å². The van der Waals surface area contributed by atoms with Crippen LogP contribution in [-0.4, -0.2) is 48.3 Å². The van der Waals surface area contributed by atoms with Gasteiger partial charge in [0.25, 0.3) is 0 Å². The smallest absolute Gasteiger partial charge is 0.110 e. The predicted molar refractivity (Wildman–Crippen MR) is 67.8 cm³/mol. The van der Waals surface area contributed by atoms with Crippen molar-refractivity contribution in [1.82, 2.24) is 15.2 Å². The van der Waals surface area contributed by atoms with Gasteiger partial charge in [-0.2, -0.15) is 0 Å². The number of nitrogens with one attached hydrogen (secondary N) is 1. The Morgan fingerprint density at radius 3 is 2.75 bits per heavy atom. The van der Waals surface area contributed by atoms with Gasteiger partial charge in [0.2, 0.25) is 0 Å². The maximum absolute atomic E-state index is 9.70. The Labute approximate surface area is 101 Å². The molecule has 0 bridgehead atoms. The first-order valence-electron chi connectivity index (χ1n) is 5.47. The second kappa shape index (κ2) is 6.30. The molecule has 0 aliphatic carbocycles. The van der Waals surface area contributed by atoms with E-state index in [0.717, 1.165) is 10.7 Å². The van der Waals surface area contributed by atoms with E-state index >= 15 is 0 Å². The molecular formula is C11H21N3OS. The molecular weight excluding hydrogens is 222 g/mol. The van der Waals surface area contributed by atoms with Crippen LogP contribution in [0.3, 0.4) is 0 Å². The number of thiazole rings is 1. The normalized spacial score (nSPS) is 15.4. The molecule has 0 saturated carbocycles. The lowest BCUT2D eigenvalue weighted by molar-refractivity contribution is 0.132. The van der Waals surface area contributed by atoms with Crippen LogP contribution in [0, 0.1) is 6.92 Å². The molecule has 0 spiro atoms. The minimum atomic E-state index is -0.335. The standard InChI is InChI=1S/C11H21N3OS/c1-8-7-16-11(13-8)9(2)12-5-10(15)6-14(3)4/h7,9-10,12,15H,5-6H2,1-4H3. The molecule has 0 aliphatic rings. The summed E-state index contributed by atoms with van der Waals surface area (Å²) in [7, 11) is 3.91. The Kier molecular flexibility index (Phi) is 5.34. The van der Waals surface area contributed by atoms with Crippen molar-refractivity contribution in [3.63, 3.8) is 0 Å². The molecule has 2 N–H and O–H groups in total. The third-order valence-corrected chi connectivity index (χ3v) is 3.39. The molecule has 1 aromatic rings. The first-order chi connectivity index (χ1) is 7.49. The first-order valence-corrected chi connectivity index (χ1v) is 6.35. The Bertz CT molecular complexity index is 314. The number of aromatic nitrogens is 1. The average molecular weight is 243 g/mol. The maximum Gasteiger partial charge on any atom is 0.110 e. The van der Waals surface area contributed by atoms with E-state index in [9.17, 15) is 5.11 Å². The second-order valence-corrected chi connectivity index (χ2v) is 5.26. The Morgan fingerprint density at radius 1 is 1.56 bits per heavy atom.